The molecule has 2 aromatic carbocycles. The summed E-state index contributed by atoms with van der Waals surface area (Å²) in [4.78, 5) is 16.9. The van der Waals surface area contributed by atoms with Crippen molar-refractivity contribution in [1.82, 2.24) is 9.38 Å². The van der Waals surface area contributed by atoms with Crippen LogP contribution in [-0.4, -0.2) is 17.8 Å². The Morgan fingerprint density at radius 2 is 1.81 bits per heavy atom. The number of fused-ring (bicyclic) bond motifs is 1. The lowest BCUT2D eigenvalue weighted by molar-refractivity contribution is 0.303. The number of pyridine rings is 1. The Labute approximate surface area is 184 Å². The number of anilines is 1. The zero-order chi connectivity index (χ0) is 22.0. The predicted octanol–water partition coefficient (Wildman–Crippen LogP) is 4.04. The molecule has 0 saturated carbocycles. The molecular formula is C22H18ClN3O4S. The van der Waals surface area contributed by atoms with Gasteiger partial charge in [0.25, 0.3) is 15.6 Å². The highest BCUT2D eigenvalue weighted by Crippen LogP contribution is 2.27. The highest BCUT2D eigenvalue weighted by molar-refractivity contribution is 7.92. The van der Waals surface area contributed by atoms with Gasteiger partial charge in [-0.1, -0.05) is 23.7 Å². The number of aromatic nitrogens is 2. The molecule has 0 aliphatic carbocycles. The van der Waals surface area contributed by atoms with E-state index in [-0.39, 0.29) is 22.7 Å². The number of para-hydroxylation sites is 2. The minimum Gasteiger partial charge on any atom is -0.485 e. The number of ether oxygens (including phenoxy) is 1. The van der Waals surface area contributed by atoms with E-state index in [1.165, 1.54) is 34.7 Å². The van der Waals surface area contributed by atoms with E-state index in [0.717, 1.165) is 5.56 Å². The van der Waals surface area contributed by atoms with Gasteiger partial charge in [-0.15, -0.1) is 0 Å². The van der Waals surface area contributed by atoms with Crippen LogP contribution >= 0.6 is 11.6 Å². The molecule has 9 heteroatoms. The summed E-state index contributed by atoms with van der Waals surface area (Å²) in [7, 11) is -3.83. The van der Waals surface area contributed by atoms with Gasteiger partial charge in [0, 0.05) is 17.3 Å². The Bertz CT molecular complexity index is 1420. The summed E-state index contributed by atoms with van der Waals surface area (Å²) in [5, 5.41) is 0.441. The van der Waals surface area contributed by atoms with Crippen molar-refractivity contribution in [3.63, 3.8) is 0 Å². The predicted molar refractivity (Wildman–Crippen MR) is 119 cm³/mol. The maximum absolute atomic E-state index is 12.7. The quantitative estimate of drug-likeness (QED) is 0.474. The average molecular weight is 456 g/mol. The fourth-order valence-corrected chi connectivity index (χ4v) is 4.17. The van der Waals surface area contributed by atoms with Gasteiger partial charge < -0.3 is 4.74 Å². The largest absolute Gasteiger partial charge is 0.485 e. The minimum absolute atomic E-state index is 0.000627. The highest BCUT2D eigenvalue weighted by Gasteiger charge is 2.16. The van der Waals surface area contributed by atoms with Gasteiger partial charge in [0.1, 0.15) is 18.0 Å². The SMILES string of the molecule is Cc1ccn2c(=O)cc(COc3ccccc3NS(=O)(=O)c3ccc(Cl)cc3)nc2c1. The Kier molecular flexibility index (Phi) is 5.67. The molecule has 7 nitrogen and oxygen atoms in total. The first-order chi connectivity index (χ1) is 14.8. The van der Waals surface area contributed by atoms with Gasteiger partial charge in [0.15, 0.2) is 0 Å². The van der Waals surface area contributed by atoms with Crippen LogP contribution in [0.5, 0.6) is 5.75 Å². The molecule has 0 atom stereocenters. The number of hydrogen-bond donors (Lipinski definition) is 1. The number of hydrogen-bond acceptors (Lipinski definition) is 5. The molecule has 0 aliphatic heterocycles. The van der Waals surface area contributed by atoms with E-state index in [1.54, 1.807) is 36.5 Å². The van der Waals surface area contributed by atoms with Gasteiger partial charge in [-0.25, -0.2) is 13.4 Å². The fourth-order valence-electron chi connectivity index (χ4n) is 2.97. The highest BCUT2D eigenvalue weighted by atomic mass is 35.5. The van der Waals surface area contributed by atoms with Crippen molar-refractivity contribution in [2.75, 3.05) is 4.72 Å². The number of halogens is 1. The van der Waals surface area contributed by atoms with E-state index in [9.17, 15) is 13.2 Å². The van der Waals surface area contributed by atoms with Gasteiger partial charge in [0.2, 0.25) is 0 Å². The summed E-state index contributed by atoms with van der Waals surface area (Å²) in [6, 6.07) is 17.5. The van der Waals surface area contributed by atoms with Gasteiger partial charge in [-0.3, -0.25) is 13.9 Å². The van der Waals surface area contributed by atoms with Crippen molar-refractivity contribution in [3.05, 3.63) is 99.6 Å². The third kappa shape index (κ3) is 4.70. The molecule has 0 radical (unpaired) electrons. The number of sulfonamides is 1. The van der Waals surface area contributed by atoms with Crippen LogP contribution in [0.15, 0.2) is 82.6 Å². The van der Waals surface area contributed by atoms with E-state index >= 15 is 0 Å². The van der Waals surface area contributed by atoms with E-state index < -0.39 is 10.0 Å². The molecule has 0 unspecified atom stereocenters. The molecule has 0 spiro atoms. The first kappa shape index (κ1) is 20.9. The van der Waals surface area contributed by atoms with Crippen molar-refractivity contribution >= 4 is 33.0 Å². The summed E-state index contributed by atoms with van der Waals surface area (Å²) in [5.74, 6) is 0.311. The molecule has 0 aliphatic rings. The first-order valence-corrected chi connectivity index (χ1v) is 11.2. The van der Waals surface area contributed by atoms with Crippen LogP contribution in [0.4, 0.5) is 5.69 Å². The van der Waals surface area contributed by atoms with Gasteiger partial charge in [-0.2, -0.15) is 0 Å². The van der Waals surface area contributed by atoms with Crippen LogP contribution in [0.2, 0.25) is 5.02 Å². The molecule has 4 rings (SSSR count). The molecule has 0 saturated heterocycles. The number of aryl methyl sites for hydroxylation is 1. The maximum atomic E-state index is 12.7. The van der Waals surface area contributed by atoms with Gasteiger partial charge in [-0.05, 0) is 61.0 Å². The van der Waals surface area contributed by atoms with Crippen LogP contribution in [0.25, 0.3) is 5.65 Å². The Balaban J connectivity index is 1.58. The van der Waals surface area contributed by atoms with E-state index in [1.807, 2.05) is 13.0 Å². The van der Waals surface area contributed by atoms with E-state index in [2.05, 4.69) is 9.71 Å². The molecule has 158 valence electrons. The summed E-state index contributed by atoms with van der Waals surface area (Å²) in [6.45, 7) is 1.91. The second-order valence-electron chi connectivity index (χ2n) is 6.86. The number of nitrogens with one attached hydrogen (secondary N) is 1. The third-order valence-electron chi connectivity index (χ3n) is 4.51. The molecular weight excluding hydrogens is 438 g/mol. The fraction of sp³-hybridized carbons (Fsp3) is 0.0909. The lowest BCUT2D eigenvalue weighted by Gasteiger charge is -2.14. The number of nitrogens with zero attached hydrogens (tertiary/aromatic N) is 2. The molecule has 1 N–H and O–H groups in total. The van der Waals surface area contributed by atoms with Crippen molar-refractivity contribution in [3.8, 4) is 5.75 Å². The van der Waals surface area contributed by atoms with Crippen LogP contribution in [-0.2, 0) is 16.6 Å². The molecule has 0 amide bonds. The summed E-state index contributed by atoms with van der Waals surface area (Å²) < 4.78 is 35.2. The average Bonchev–Trinajstić information content (AvgIpc) is 2.73. The summed E-state index contributed by atoms with van der Waals surface area (Å²) >= 11 is 5.84. The first-order valence-electron chi connectivity index (χ1n) is 9.31. The molecule has 4 aromatic rings. The van der Waals surface area contributed by atoms with Crippen LogP contribution in [0.1, 0.15) is 11.3 Å². The Morgan fingerprint density at radius 3 is 2.58 bits per heavy atom. The molecule has 0 fully saturated rings. The molecule has 0 bridgehead atoms. The standard InChI is InChI=1S/C22H18ClN3O4S/c1-15-10-11-26-21(12-15)24-17(13-22(26)27)14-30-20-5-3-2-4-19(20)25-31(28,29)18-8-6-16(23)7-9-18/h2-13,25H,14H2,1H3. The van der Waals surface area contributed by atoms with Gasteiger partial charge in [0.05, 0.1) is 16.3 Å². The topological polar surface area (TPSA) is 89.8 Å². The normalized spacial score (nSPS) is 11.4. The molecule has 2 aromatic heterocycles. The van der Waals surface area contributed by atoms with Crippen molar-refractivity contribution < 1.29 is 13.2 Å². The number of rotatable bonds is 6. The third-order valence-corrected chi connectivity index (χ3v) is 6.14. The van der Waals surface area contributed by atoms with Gasteiger partial charge >= 0.3 is 0 Å². The minimum atomic E-state index is -3.83. The lowest BCUT2D eigenvalue weighted by Crippen LogP contribution is -2.17. The molecule has 31 heavy (non-hydrogen) atoms. The second kappa shape index (κ2) is 8.41. The summed E-state index contributed by atoms with van der Waals surface area (Å²) in [6.07, 6.45) is 1.67. The second-order valence-corrected chi connectivity index (χ2v) is 8.98. The lowest BCUT2D eigenvalue weighted by atomic mass is 10.3. The number of benzene rings is 2. The van der Waals surface area contributed by atoms with Crippen LogP contribution in [0.3, 0.4) is 0 Å². The van der Waals surface area contributed by atoms with Crippen molar-refractivity contribution in [2.24, 2.45) is 0 Å². The summed E-state index contributed by atoms with van der Waals surface area (Å²) in [5.41, 5.74) is 1.98. The Morgan fingerprint density at radius 1 is 1.06 bits per heavy atom. The van der Waals surface area contributed by atoms with E-state index in [0.29, 0.717) is 22.1 Å². The zero-order valence-electron chi connectivity index (χ0n) is 16.4. The smallest absolute Gasteiger partial charge is 0.262 e. The Hall–Kier alpha value is -3.36. The van der Waals surface area contributed by atoms with Crippen molar-refractivity contribution in [1.29, 1.82) is 0 Å². The van der Waals surface area contributed by atoms with Crippen molar-refractivity contribution in [2.45, 2.75) is 18.4 Å². The monoisotopic (exact) mass is 455 g/mol. The van der Waals surface area contributed by atoms with Crippen LogP contribution < -0.4 is 15.0 Å². The van der Waals surface area contributed by atoms with E-state index in [4.69, 9.17) is 16.3 Å². The molecule has 2 heterocycles. The zero-order valence-corrected chi connectivity index (χ0v) is 18.0. The van der Waals surface area contributed by atoms with Crippen LogP contribution in [0, 0.1) is 6.92 Å². The maximum Gasteiger partial charge on any atom is 0.262 e.